The lowest BCUT2D eigenvalue weighted by molar-refractivity contribution is -0.144. The number of carboxylic acids is 1. The van der Waals surface area contributed by atoms with E-state index in [9.17, 15) is 18.4 Å². The van der Waals surface area contributed by atoms with Gasteiger partial charge in [-0.25, -0.2) is 4.79 Å². The number of alkyl halides is 2. The van der Waals surface area contributed by atoms with E-state index in [0.717, 1.165) is 0 Å². The molecule has 1 unspecified atom stereocenters. The second-order valence-corrected chi connectivity index (χ2v) is 2.21. The molecule has 1 atom stereocenters. The summed E-state index contributed by atoms with van der Waals surface area (Å²) in [5.74, 6) is -3.11. The van der Waals surface area contributed by atoms with E-state index in [4.69, 9.17) is 10.2 Å². The van der Waals surface area contributed by atoms with Crippen LogP contribution in [0.5, 0.6) is 0 Å². The van der Waals surface area contributed by atoms with Gasteiger partial charge in [-0.2, -0.15) is 8.78 Å². The molecular weight excluding hydrogens is 188 g/mol. The largest absolute Gasteiger partial charge is 0.480 e. The first kappa shape index (κ1) is 11.8. The molecule has 0 aromatic heterocycles. The Morgan fingerprint density at radius 2 is 1.92 bits per heavy atom. The van der Waals surface area contributed by atoms with Crippen molar-refractivity contribution >= 4 is 11.9 Å². The highest BCUT2D eigenvalue weighted by Crippen LogP contribution is 1.96. The number of aliphatic carboxylic acids is 1. The third kappa shape index (κ3) is 4.36. The SMILES string of the molecule is O=C(NC(CCO)C(=O)O)C(F)F. The van der Waals surface area contributed by atoms with Crippen molar-refractivity contribution in [1.82, 2.24) is 5.32 Å². The van der Waals surface area contributed by atoms with Gasteiger partial charge in [0.1, 0.15) is 6.04 Å². The second kappa shape index (κ2) is 5.41. The van der Waals surface area contributed by atoms with Crippen LogP contribution in [-0.4, -0.2) is 41.2 Å². The fourth-order valence-electron chi connectivity index (χ4n) is 0.621. The summed E-state index contributed by atoms with van der Waals surface area (Å²) in [7, 11) is 0. The average Bonchev–Trinajstić information content (AvgIpc) is 2.03. The maximum atomic E-state index is 11.6. The summed E-state index contributed by atoms with van der Waals surface area (Å²) in [5.41, 5.74) is 0. The first-order valence-electron chi connectivity index (χ1n) is 3.41. The third-order valence-electron chi connectivity index (χ3n) is 1.23. The zero-order valence-electron chi connectivity index (χ0n) is 6.54. The number of rotatable bonds is 5. The maximum Gasteiger partial charge on any atom is 0.326 e. The minimum Gasteiger partial charge on any atom is -0.480 e. The van der Waals surface area contributed by atoms with Crippen LogP contribution in [0.2, 0.25) is 0 Å². The number of halogens is 2. The molecule has 0 aliphatic rings. The molecule has 0 heterocycles. The van der Waals surface area contributed by atoms with Gasteiger partial charge in [-0.3, -0.25) is 4.79 Å². The quantitative estimate of drug-likeness (QED) is 0.538. The predicted octanol–water partition coefficient (Wildman–Crippen LogP) is -0.797. The van der Waals surface area contributed by atoms with Gasteiger partial charge in [-0.05, 0) is 0 Å². The Balaban J connectivity index is 4.10. The molecule has 1 amide bonds. The van der Waals surface area contributed by atoms with Crippen LogP contribution in [0, 0.1) is 0 Å². The van der Waals surface area contributed by atoms with Gasteiger partial charge >= 0.3 is 12.4 Å². The Morgan fingerprint density at radius 1 is 1.38 bits per heavy atom. The molecule has 0 aliphatic heterocycles. The van der Waals surface area contributed by atoms with Crippen LogP contribution in [0.1, 0.15) is 6.42 Å². The smallest absolute Gasteiger partial charge is 0.326 e. The van der Waals surface area contributed by atoms with Gasteiger partial charge in [0, 0.05) is 13.0 Å². The van der Waals surface area contributed by atoms with Crippen molar-refractivity contribution < 1.29 is 28.6 Å². The van der Waals surface area contributed by atoms with Crippen molar-refractivity contribution in [3.8, 4) is 0 Å². The van der Waals surface area contributed by atoms with E-state index in [1.165, 1.54) is 0 Å². The van der Waals surface area contributed by atoms with Gasteiger partial charge in [0.2, 0.25) is 0 Å². The molecule has 0 spiro atoms. The fraction of sp³-hybridized carbons (Fsp3) is 0.667. The number of carbonyl (C=O) groups is 2. The minimum atomic E-state index is -3.25. The zero-order valence-corrected chi connectivity index (χ0v) is 6.54. The highest BCUT2D eigenvalue weighted by atomic mass is 19.3. The average molecular weight is 197 g/mol. The first-order valence-corrected chi connectivity index (χ1v) is 3.41. The molecule has 0 fully saturated rings. The fourth-order valence-corrected chi connectivity index (χ4v) is 0.621. The van der Waals surface area contributed by atoms with E-state index >= 15 is 0 Å². The topological polar surface area (TPSA) is 86.6 Å². The molecular formula is C6H9F2NO4. The van der Waals surface area contributed by atoms with Crippen LogP contribution in [0.25, 0.3) is 0 Å². The van der Waals surface area contributed by atoms with Crippen LogP contribution in [-0.2, 0) is 9.59 Å². The Kier molecular flexibility index (Phi) is 4.90. The third-order valence-corrected chi connectivity index (χ3v) is 1.23. The number of aliphatic hydroxyl groups excluding tert-OH is 1. The van der Waals surface area contributed by atoms with Crippen molar-refractivity contribution in [2.45, 2.75) is 18.9 Å². The first-order chi connectivity index (χ1) is 5.99. The van der Waals surface area contributed by atoms with Crippen LogP contribution in [0.4, 0.5) is 8.78 Å². The maximum absolute atomic E-state index is 11.6. The standard InChI is InChI=1S/C6H9F2NO4/c7-4(8)5(11)9-3(1-2-10)6(12)13/h3-4,10H,1-2H2,(H,9,11)(H,12,13). The lowest BCUT2D eigenvalue weighted by atomic mass is 10.2. The Labute approximate surface area is 72.4 Å². The molecule has 5 nitrogen and oxygen atoms in total. The van der Waals surface area contributed by atoms with E-state index in [1.807, 2.05) is 0 Å². The van der Waals surface area contributed by atoms with Crippen molar-refractivity contribution in [3.63, 3.8) is 0 Å². The van der Waals surface area contributed by atoms with Crippen LogP contribution < -0.4 is 5.32 Å². The highest BCUT2D eigenvalue weighted by Gasteiger charge is 2.23. The Hall–Kier alpha value is -1.24. The summed E-state index contributed by atoms with van der Waals surface area (Å²) < 4.78 is 23.2. The summed E-state index contributed by atoms with van der Waals surface area (Å²) in [5, 5.41) is 18.3. The van der Waals surface area contributed by atoms with Gasteiger partial charge in [0.25, 0.3) is 5.91 Å². The van der Waals surface area contributed by atoms with Gasteiger partial charge in [-0.1, -0.05) is 0 Å². The van der Waals surface area contributed by atoms with Gasteiger partial charge in [-0.15, -0.1) is 0 Å². The summed E-state index contributed by atoms with van der Waals surface area (Å²) >= 11 is 0. The number of amides is 1. The van der Waals surface area contributed by atoms with Gasteiger partial charge in [0.15, 0.2) is 0 Å². The van der Waals surface area contributed by atoms with E-state index in [2.05, 4.69) is 0 Å². The molecule has 0 saturated carbocycles. The molecule has 13 heavy (non-hydrogen) atoms. The molecule has 7 heteroatoms. The summed E-state index contributed by atoms with van der Waals surface area (Å²) in [6, 6.07) is -1.47. The second-order valence-electron chi connectivity index (χ2n) is 2.21. The normalized spacial score (nSPS) is 12.6. The van der Waals surface area contributed by atoms with Crippen LogP contribution in [0.3, 0.4) is 0 Å². The number of hydrogen-bond donors (Lipinski definition) is 3. The molecule has 76 valence electrons. The minimum absolute atomic E-state index is 0.298. The molecule has 0 aromatic carbocycles. The molecule has 0 aromatic rings. The summed E-state index contributed by atoms with van der Waals surface area (Å²) in [6.07, 6.45) is -3.55. The lowest BCUT2D eigenvalue weighted by Gasteiger charge is -2.12. The lowest BCUT2D eigenvalue weighted by Crippen LogP contribution is -2.43. The predicted molar refractivity (Wildman–Crippen MR) is 37.3 cm³/mol. The molecule has 0 rings (SSSR count). The highest BCUT2D eigenvalue weighted by molar-refractivity contribution is 5.85. The number of hydrogen-bond acceptors (Lipinski definition) is 3. The summed E-state index contributed by atoms with van der Waals surface area (Å²) in [4.78, 5) is 20.6. The monoisotopic (exact) mass is 197 g/mol. The molecule has 3 N–H and O–H groups in total. The number of aliphatic hydroxyl groups is 1. The van der Waals surface area contributed by atoms with Crippen molar-refractivity contribution in [2.75, 3.05) is 6.61 Å². The van der Waals surface area contributed by atoms with Crippen molar-refractivity contribution in [2.24, 2.45) is 0 Å². The molecule has 0 aliphatic carbocycles. The number of nitrogens with one attached hydrogen (secondary N) is 1. The number of carboxylic acid groups (broad SMARTS) is 1. The molecule has 0 bridgehead atoms. The van der Waals surface area contributed by atoms with Gasteiger partial charge in [0.05, 0.1) is 0 Å². The Bertz CT molecular complexity index is 197. The zero-order chi connectivity index (χ0) is 10.4. The molecule has 0 radical (unpaired) electrons. The van der Waals surface area contributed by atoms with Gasteiger partial charge < -0.3 is 15.5 Å². The van der Waals surface area contributed by atoms with Crippen molar-refractivity contribution in [3.05, 3.63) is 0 Å². The van der Waals surface area contributed by atoms with E-state index in [-0.39, 0.29) is 6.42 Å². The Morgan fingerprint density at radius 3 is 2.23 bits per heavy atom. The van der Waals surface area contributed by atoms with Crippen LogP contribution >= 0.6 is 0 Å². The van der Waals surface area contributed by atoms with Crippen LogP contribution in [0.15, 0.2) is 0 Å². The van der Waals surface area contributed by atoms with Crippen molar-refractivity contribution in [1.29, 1.82) is 0 Å². The van der Waals surface area contributed by atoms with E-state index in [0.29, 0.717) is 0 Å². The van der Waals surface area contributed by atoms with E-state index < -0.39 is 31.0 Å². The van der Waals surface area contributed by atoms with E-state index in [1.54, 1.807) is 5.32 Å². The number of carbonyl (C=O) groups excluding carboxylic acids is 1. The molecule has 0 saturated heterocycles. The summed E-state index contributed by atoms with van der Waals surface area (Å²) in [6.45, 7) is -0.500.